The van der Waals surface area contributed by atoms with Gasteiger partial charge in [0.25, 0.3) is 11.5 Å². The van der Waals surface area contributed by atoms with E-state index in [0.717, 1.165) is 61.4 Å². The van der Waals surface area contributed by atoms with Crippen LogP contribution in [0.2, 0.25) is 0 Å². The van der Waals surface area contributed by atoms with Crippen LogP contribution < -0.4 is 10.9 Å². The first-order valence-corrected chi connectivity index (χ1v) is 12.2. The number of aryl methyl sites for hydroxylation is 2. The Morgan fingerprint density at radius 2 is 1.91 bits per heavy atom. The van der Waals surface area contributed by atoms with E-state index >= 15 is 0 Å². The highest BCUT2D eigenvalue weighted by Gasteiger charge is 2.15. The molecule has 0 aliphatic carbocycles. The standard InChI is InChI=1S/C25H26N4O2S/c30-24(26-14-7-11-23-28-19-8-4-5-9-21(19)32-23)17-12-13-18-20(16-17)27-22-10-3-1-2-6-15-29(22)25(18)31/h4-5,8-9,12-13,16H,1-3,6-7,10-11,14-15H2,(H,26,30). The van der Waals surface area contributed by atoms with Gasteiger partial charge in [-0.1, -0.05) is 25.0 Å². The van der Waals surface area contributed by atoms with Crippen LogP contribution in [-0.2, 0) is 19.4 Å². The van der Waals surface area contributed by atoms with Gasteiger partial charge in [0, 0.05) is 31.5 Å². The lowest BCUT2D eigenvalue weighted by Crippen LogP contribution is -2.27. The molecule has 1 N–H and O–H groups in total. The van der Waals surface area contributed by atoms with Gasteiger partial charge in [-0.05, 0) is 49.6 Å². The van der Waals surface area contributed by atoms with Gasteiger partial charge in [0.1, 0.15) is 5.82 Å². The molecule has 1 aliphatic heterocycles. The summed E-state index contributed by atoms with van der Waals surface area (Å²) in [6.45, 7) is 1.31. The average molecular weight is 447 g/mol. The van der Waals surface area contributed by atoms with E-state index < -0.39 is 0 Å². The first-order valence-electron chi connectivity index (χ1n) is 11.4. The Morgan fingerprint density at radius 3 is 2.81 bits per heavy atom. The second kappa shape index (κ2) is 9.20. The fourth-order valence-corrected chi connectivity index (χ4v) is 5.32. The molecule has 0 atom stereocenters. The van der Waals surface area contributed by atoms with Crippen molar-refractivity contribution < 1.29 is 4.79 Å². The molecule has 2 aromatic heterocycles. The number of hydrogen-bond acceptors (Lipinski definition) is 5. The lowest BCUT2D eigenvalue weighted by atomic mass is 10.1. The van der Waals surface area contributed by atoms with Crippen molar-refractivity contribution in [3.63, 3.8) is 0 Å². The fraction of sp³-hybridized carbons (Fsp3) is 0.360. The molecule has 0 fully saturated rings. The van der Waals surface area contributed by atoms with E-state index in [0.29, 0.717) is 23.0 Å². The number of carbonyl (C=O) groups excluding carboxylic acids is 1. The Hall–Kier alpha value is -3.06. The summed E-state index contributed by atoms with van der Waals surface area (Å²) in [6, 6.07) is 13.3. The number of nitrogens with one attached hydrogen (secondary N) is 1. The molecule has 0 bridgehead atoms. The summed E-state index contributed by atoms with van der Waals surface area (Å²) in [6.07, 6.45) is 6.86. The number of carbonyl (C=O) groups is 1. The summed E-state index contributed by atoms with van der Waals surface area (Å²) in [5.74, 6) is 0.709. The van der Waals surface area contributed by atoms with E-state index in [1.165, 1.54) is 11.1 Å². The maximum Gasteiger partial charge on any atom is 0.261 e. The molecule has 5 rings (SSSR count). The summed E-state index contributed by atoms with van der Waals surface area (Å²) >= 11 is 1.71. The van der Waals surface area contributed by atoms with Crippen molar-refractivity contribution in [1.82, 2.24) is 19.9 Å². The van der Waals surface area contributed by atoms with Crippen molar-refractivity contribution in [2.75, 3.05) is 6.54 Å². The molecule has 0 unspecified atom stereocenters. The quantitative estimate of drug-likeness (QED) is 0.459. The number of fused-ring (bicyclic) bond motifs is 3. The zero-order valence-electron chi connectivity index (χ0n) is 18.0. The molecule has 4 aromatic rings. The third kappa shape index (κ3) is 4.30. The molecule has 0 spiro atoms. The molecule has 3 heterocycles. The summed E-state index contributed by atoms with van der Waals surface area (Å²) in [5.41, 5.74) is 2.20. The SMILES string of the molecule is O=C(NCCCc1nc2ccccc2s1)c1ccc2c(=O)n3c(nc2c1)CCCCCC3. The smallest absolute Gasteiger partial charge is 0.261 e. The van der Waals surface area contributed by atoms with Gasteiger partial charge in [-0.15, -0.1) is 11.3 Å². The van der Waals surface area contributed by atoms with Crippen molar-refractivity contribution in [3.8, 4) is 0 Å². The number of hydrogen-bond donors (Lipinski definition) is 1. The molecule has 1 amide bonds. The topological polar surface area (TPSA) is 76.9 Å². The van der Waals surface area contributed by atoms with Crippen LogP contribution in [0.1, 0.15) is 53.3 Å². The Balaban J connectivity index is 1.26. The summed E-state index contributed by atoms with van der Waals surface area (Å²) in [4.78, 5) is 35.0. The summed E-state index contributed by atoms with van der Waals surface area (Å²) < 4.78 is 3.02. The third-order valence-corrected chi connectivity index (χ3v) is 7.12. The van der Waals surface area contributed by atoms with Gasteiger partial charge in [0.15, 0.2) is 0 Å². The van der Waals surface area contributed by atoms with Gasteiger partial charge >= 0.3 is 0 Å². The van der Waals surface area contributed by atoms with Crippen LogP contribution in [0.15, 0.2) is 47.3 Å². The minimum absolute atomic E-state index is 0.00897. The number of amides is 1. The monoisotopic (exact) mass is 446 g/mol. The molecule has 164 valence electrons. The number of benzene rings is 2. The Labute approximate surface area is 190 Å². The lowest BCUT2D eigenvalue weighted by Gasteiger charge is -2.16. The first kappa shape index (κ1) is 20.8. The zero-order chi connectivity index (χ0) is 21.9. The van der Waals surface area contributed by atoms with E-state index in [1.807, 2.05) is 22.8 Å². The van der Waals surface area contributed by atoms with Crippen LogP contribution in [0.4, 0.5) is 0 Å². The normalized spacial score (nSPS) is 14.1. The second-order valence-electron chi connectivity index (χ2n) is 8.32. The summed E-state index contributed by atoms with van der Waals surface area (Å²) in [5, 5.41) is 4.66. The minimum atomic E-state index is -0.134. The Kier molecular flexibility index (Phi) is 5.99. The number of nitrogens with zero attached hydrogens (tertiary/aromatic N) is 3. The van der Waals surface area contributed by atoms with Crippen molar-refractivity contribution in [1.29, 1.82) is 0 Å². The Morgan fingerprint density at radius 1 is 1.03 bits per heavy atom. The van der Waals surface area contributed by atoms with Crippen molar-refractivity contribution >= 4 is 38.4 Å². The number of rotatable bonds is 5. The highest BCUT2D eigenvalue weighted by Crippen LogP contribution is 2.22. The van der Waals surface area contributed by atoms with Gasteiger partial charge in [0.2, 0.25) is 0 Å². The number of aromatic nitrogens is 3. The van der Waals surface area contributed by atoms with E-state index in [2.05, 4.69) is 16.4 Å². The van der Waals surface area contributed by atoms with E-state index in [9.17, 15) is 9.59 Å². The molecule has 2 aromatic carbocycles. The first-order chi connectivity index (χ1) is 15.7. The molecular formula is C25H26N4O2S. The molecule has 0 saturated heterocycles. The molecular weight excluding hydrogens is 420 g/mol. The van der Waals surface area contributed by atoms with Gasteiger partial charge in [-0.25, -0.2) is 9.97 Å². The highest BCUT2D eigenvalue weighted by atomic mass is 32.1. The molecule has 0 radical (unpaired) electrons. The van der Waals surface area contributed by atoms with Gasteiger partial charge < -0.3 is 5.32 Å². The second-order valence-corrected chi connectivity index (χ2v) is 9.43. The van der Waals surface area contributed by atoms with E-state index in [1.54, 1.807) is 29.5 Å². The van der Waals surface area contributed by atoms with Crippen LogP contribution in [-0.4, -0.2) is 27.0 Å². The van der Waals surface area contributed by atoms with Gasteiger partial charge in [-0.3, -0.25) is 14.2 Å². The van der Waals surface area contributed by atoms with Crippen LogP contribution in [0.3, 0.4) is 0 Å². The van der Waals surface area contributed by atoms with Crippen molar-refractivity contribution in [3.05, 3.63) is 69.2 Å². The van der Waals surface area contributed by atoms with Crippen LogP contribution in [0.5, 0.6) is 0 Å². The lowest BCUT2D eigenvalue weighted by molar-refractivity contribution is 0.0953. The molecule has 0 saturated carbocycles. The Bertz CT molecular complexity index is 1310. The summed E-state index contributed by atoms with van der Waals surface area (Å²) in [7, 11) is 0. The van der Waals surface area contributed by atoms with E-state index in [4.69, 9.17) is 4.98 Å². The number of thiazole rings is 1. The minimum Gasteiger partial charge on any atom is -0.352 e. The predicted octanol–water partition coefficient (Wildman–Crippen LogP) is 4.49. The van der Waals surface area contributed by atoms with Crippen LogP contribution in [0.25, 0.3) is 21.1 Å². The third-order valence-electron chi connectivity index (χ3n) is 6.02. The average Bonchev–Trinajstić information content (AvgIpc) is 3.20. The van der Waals surface area contributed by atoms with E-state index in [-0.39, 0.29) is 11.5 Å². The maximum absolute atomic E-state index is 12.9. The zero-order valence-corrected chi connectivity index (χ0v) is 18.8. The molecule has 6 nitrogen and oxygen atoms in total. The van der Waals surface area contributed by atoms with Crippen molar-refractivity contribution in [2.45, 2.75) is 51.5 Å². The van der Waals surface area contributed by atoms with Crippen molar-refractivity contribution in [2.24, 2.45) is 0 Å². The van der Waals surface area contributed by atoms with Gasteiger partial charge in [-0.2, -0.15) is 0 Å². The van der Waals surface area contributed by atoms with Crippen LogP contribution >= 0.6 is 11.3 Å². The highest BCUT2D eigenvalue weighted by molar-refractivity contribution is 7.18. The fourth-order valence-electron chi connectivity index (χ4n) is 4.31. The molecule has 7 heteroatoms. The number of para-hydroxylation sites is 1. The van der Waals surface area contributed by atoms with Crippen LogP contribution in [0, 0.1) is 0 Å². The molecule has 1 aliphatic rings. The van der Waals surface area contributed by atoms with Gasteiger partial charge in [0.05, 0.1) is 26.1 Å². The largest absolute Gasteiger partial charge is 0.352 e. The maximum atomic E-state index is 12.9. The predicted molar refractivity (Wildman–Crippen MR) is 128 cm³/mol. The molecule has 32 heavy (non-hydrogen) atoms.